The van der Waals surface area contributed by atoms with Crippen LogP contribution >= 0.6 is 0 Å². The van der Waals surface area contributed by atoms with E-state index in [2.05, 4.69) is 15.5 Å². The summed E-state index contributed by atoms with van der Waals surface area (Å²) < 4.78 is 1.84. The second-order valence-corrected chi connectivity index (χ2v) is 3.84. The maximum Gasteiger partial charge on any atom is 0.271 e. The largest absolute Gasteiger partial charge is 0.384 e. The average molecular weight is 247 g/mol. The second-order valence-electron chi connectivity index (χ2n) is 3.84. The van der Waals surface area contributed by atoms with Crippen molar-refractivity contribution in [2.75, 3.05) is 11.9 Å². The summed E-state index contributed by atoms with van der Waals surface area (Å²) in [4.78, 5) is 10.2. The van der Waals surface area contributed by atoms with E-state index in [1.54, 1.807) is 18.5 Å². The third-order valence-electron chi connectivity index (χ3n) is 2.54. The lowest BCUT2D eigenvalue weighted by Crippen LogP contribution is -2.08. The maximum atomic E-state index is 10.6. The molecular formula is C11H13N5O2. The molecule has 0 aliphatic rings. The van der Waals surface area contributed by atoms with Crippen LogP contribution in [-0.4, -0.2) is 26.2 Å². The zero-order chi connectivity index (χ0) is 13.0. The molecule has 0 fully saturated rings. The van der Waals surface area contributed by atoms with Gasteiger partial charge < -0.3 is 9.88 Å². The number of aromatic nitrogens is 3. The van der Waals surface area contributed by atoms with E-state index >= 15 is 0 Å². The first kappa shape index (κ1) is 12.0. The Kier molecular flexibility index (Phi) is 3.52. The molecule has 94 valence electrons. The minimum absolute atomic E-state index is 0.0821. The zero-order valence-electron chi connectivity index (χ0n) is 9.91. The van der Waals surface area contributed by atoms with Gasteiger partial charge in [0.05, 0.1) is 4.92 Å². The molecule has 0 unspecified atom stereocenters. The van der Waals surface area contributed by atoms with Crippen molar-refractivity contribution in [2.45, 2.75) is 6.42 Å². The quantitative estimate of drug-likeness (QED) is 0.637. The van der Waals surface area contributed by atoms with E-state index in [9.17, 15) is 10.1 Å². The summed E-state index contributed by atoms with van der Waals surface area (Å²) in [5, 5.41) is 21.5. The molecule has 7 nitrogen and oxygen atoms in total. The molecule has 0 saturated carbocycles. The molecule has 1 aromatic carbocycles. The van der Waals surface area contributed by atoms with E-state index in [1.807, 2.05) is 11.6 Å². The highest BCUT2D eigenvalue weighted by atomic mass is 16.6. The van der Waals surface area contributed by atoms with Crippen LogP contribution in [0, 0.1) is 10.1 Å². The van der Waals surface area contributed by atoms with Gasteiger partial charge in [-0.2, -0.15) is 0 Å². The predicted molar refractivity (Wildman–Crippen MR) is 66.3 cm³/mol. The number of nitro groups is 1. The Hall–Kier alpha value is -2.44. The van der Waals surface area contributed by atoms with E-state index < -0.39 is 4.92 Å². The van der Waals surface area contributed by atoms with E-state index in [1.165, 1.54) is 12.1 Å². The fourth-order valence-electron chi connectivity index (χ4n) is 1.58. The third-order valence-corrected chi connectivity index (χ3v) is 2.54. The van der Waals surface area contributed by atoms with Crippen LogP contribution in [0.15, 0.2) is 30.6 Å². The number of hydrogen-bond acceptors (Lipinski definition) is 5. The number of rotatable bonds is 5. The van der Waals surface area contributed by atoms with Gasteiger partial charge in [0.2, 0.25) is 0 Å². The number of anilines is 1. The minimum atomic E-state index is -0.409. The van der Waals surface area contributed by atoms with Gasteiger partial charge in [0.1, 0.15) is 12.2 Å². The maximum absolute atomic E-state index is 10.6. The van der Waals surface area contributed by atoms with Crippen molar-refractivity contribution in [3.8, 4) is 0 Å². The van der Waals surface area contributed by atoms with Crippen molar-refractivity contribution in [1.82, 2.24) is 14.8 Å². The van der Waals surface area contributed by atoms with Gasteiger partial charge in [-0.3, -0.25) is 10.1 Å². The van der Waals surface area contributed by atoms with Gasteiger partial charge in [-0.25, -0.2) is 0 Å². The van der Waals surface area contributed by atoms with Crippen LogP contribution in [0.4, 0.5) is 11.4 Å². The topological polar surface area (TPSA) is 85.9 Å². The summed E-state index contributed by atoms with van der Waals surface area (Å²) in [5.74, 6) is 0.868. The Morgan fingerprint density at radius 3 is 3.00 bits per heavy atom. The van der Waals surface area contributed by atoms with Crippen molar-refractivity contribution >= 4 is 11.4 Å². The molecule has 18 heavy (non-hydrogen) atoms. The van der Waals surface area contributed by atoms with Gasteiger partial charge in [0.15, 0.2) is 0 Å². The zero-order valence-corrected chi connectivity index (χ0v) is 9.91. The summed E-state index contributed by atoms with van der Waals surface area (Å²) in [6.07, 6.45) is 2.35. The number of aryl methyl sites for hydroxylation is 1. The predicted octanol–water partition coefficient (Wildman–Crippen LogP) is 1.38. The van der Waals surface area contributed by atoms with Gasteiger partial charge in [-0.15, -0.1) is 10.2 Å². The average Bonchev–Trinajstić information content (AvgIpc) is 2.76. The van der Waals surface area contributed by atoms with E-state index in [0.29, 0.717) is 13.0 Å². The van der Waals surface area contributed by atoms with E-state index in [0.717, 1.165) is 11.5 Å². The molecule has 0 amide bonds. The Balaban J connectivity index is 1.92. The number of non-ortho nitro benzene ring substituents is 1. The van der Waals surface area contributed by atoms with Crippen LogP contribution in [0.25, 0.3) is 0 Å². The van der Waals surface area contributed by atoms with Crippen molar-refractivity contribution in [3.05, 3.63) is 46.5 Å². The first-order valence-corrected chi connectivity index (χ1v) is 5.48. The fraction of sp³-hybridized carbons (Fsp3) is 0.273. The van der Waals surface area contributed by atoms with Gasteiger partial charge in [-0.1, -0.05) is 6.07 Å². The van der Waals surface area contributed by atoms with Gasteiger partial charge in [-0.05, 0) is 6.07 Å². The van der Waals surface area contributed by atoms with Crippen molar-refractivity contribution in [1.29, 1.82) is 0 Å². The molecule has 0 aliphatic heterocycles. The normalized spacial score (nSPS) is 10.3. The van der Waals surface area contributed by atoms with Crippen LogP contribution in [0.2, 0.25) is 0 Å². The molecule has 1 heterocycles. The van der Waals surface area contributed by atoms with Crippen molar-refractivity contribution in [2.24, 2.45) is 7.05 Å². The lowest BCUT2D eigenvalue weighted by molar-refractivity contribution is -0.384. The van der Waals surface area contributed by atoms with Crippen LogP contribution in [0.3, 0.4) is 0 Å². The molecule has 0 bridgehead atoms. The number of hydrogen-bond donors (Lipinski definition) is 1. The molecule has 0 radical (unpaired) electrons. The summed E-state index contributed by atoms with van der Waals surface area (Å²) in [5.41, 5.74) is 0.810. The van der Waals surface area contributed by atoms with E-state index in [4.69, 9.17) is 0 Å². The molecular weight excluding hydrogens is 234 g/mol. The Morgan fingerprint density at radius 1 is 1.50 bits per heavy atom. The summed E-state index contributed by atoms with van der Waals surface area (Å²) in [6, 6.07) is 6.43. The fourth-order valence-corrected chi connectivity index (χ4v) is 1.58. The highest BCUT2D eigenvalue weighted by Gasteiger charge is 2.05. The minimum Gasteiger partial charge on any atom is -0.384 e. The SMILES string of the molecule is Cn1cnnc1CCNc1cccc([N+](=O)[O-])c1. The van der Waals surface area contributed by atoms with Crippen LogP contribution in [0.5, 0.6) is 0 Å². The van der Waals surface area contributed by atoms with E-state index in [-0.39, 0.29) is 5.69 Å². The summed E-state index contributed by atoms with van der Waals surface area (Å²) in [7, 11) is 1.88. The molecule has 0 aliphatic carbocycles. The summed E-state index contributed by atoms with van der Waals surface area (Å²) >= 11 is 0. The van der Waals surface area contributed by atoms with Crippen molar-refractivity contribution < 1.29 is 4.92 Å². The molecule has 1 N–H and O–H groups in total. The summed E-state index contributed by atoms with van der Waals surface area (Å²) in [6.45, 7) is 0.647. The smallest absolute Gasteiger partial charge is 0.271 e. The molecule has 0 spiro atoms. The standard InChI is InChI=1S/C11H13N5O2/c1-15-8-13-14-11(15)5-6-12-9-3-2-4-10(7-9)16(17)18/h2-4,7-8,12H,5-6H2,1H3. The molecule has 7 heteroatoms. The monoisotopic (exact) mass is 247 g/mol. The first-order chi connectivity index (χ1) is 8.66. The van der Waals surface area contributed by atoms with Crippen LogP contribution in [0.1, 0.15) is 5.82 Å². The highest BCUT2D eigenvalue weighted by molar-refractivity contribution is 5.50. The molecule has 1 aromatic heterocycles. The highest BCUT2D eigenvalue weighted by Crippen LogP contribution is 2.16. The second kappa shape index (κ2) is 5.26. The van der Waals surface area contributed by atoms with Gasteiger partial charge >= 0.3 is 0 Å². The number of nitro benzene ring substituents is 1. The number of nitrogens with one attached hydrogen (secondary N) is 1. The Bertz CT molecular complexity index is 552. The van der Waals surface area contributed by atoms with Gasteiger partial charge in [0.25, 0.3) is 5.69 Å². The van der Waals surface area contributed by atoms with Crippen LogP contribution < -0.4 is 5.32 Å². The lowest BCUT2D eigenvalue weighted by Gasteiger charge is -2.05. The molecule has 2 rings (SSSR count). The number of benzene rings is 1. The van der Waals surface area contributed by atoms with Gasteiger partial charge in [0, 0.05) is 37.8 Å². The Morgan fingerprint density at radius 2 is 2.33 bits per heavy atom. The first-order valence-electron chi connectivity index (χ1n) is 5.48. The lowest BCUT2D eigenvalue weighted by atomic mass is 10.2. The molecule has 2 aromatic rings. The number of nitrogens with zero attached hydrogens (tertiary/aromatic N) is 4. The molecule has 0 atom stereocenters. The Labute approximate surface area is 104 Å². The van der Waals surface area contributed by atoms with Crippen molar-refractivity contribution in [3.63, 3.8) is 0 Å². The molecule has 0 saturated heterocycles. The third kappa shape index (κ3) is 2.82. The van der Waals surface area contributed by atoms with Crippen LogP contribution in [-0.2, 0) is 13.5 Å².